The van der Waals surface area contributed by atoms with Crippen LogP contribution in [0.1, 0.15) is 37.7 Å². The van der Waals surface area contributed by atoms with Crippen molar-refractivity contribution in [3.05, 3.63) is 35.0 Å². The fourth-order valence-corrected chi connectivity index (χ4v) is 5.29. The highest BCUT2D eigenvalue weighted by molar-refractivity contribution is 7.17. The van der Waals surface area contributed by atoms with Crippen molar-refractivity contribution < 1.29 is 4.39 Å². The summed E-state index contributed by atoms with van der Waals surface area (Å²) in [6.45, 7) is 0. The molecule has 22 heavy (non-hydrogen) atoms. The van der Waals surface area contributed by atoms with Crippen molar-refractivity contribution in [2.75, 3.05) is 0 Å². The maximum Gasteiger partial charge on any atom is 0.144 e. The molecule has 4 aliphatic rings. The molecule has 2 N–H and O–H groups in total. The van der Waals surface area contributed by atoms with Crippen LogP contribution < -0.4 is 10.9 Å². The Morgan fingerprint density at radius 2 is 2.09 bits per heavy atom. The molecule has 3 aliphatic carbocycles. The van der Waals surface area contributed by atoms with Crippen LogP contribution in [0.3, 0.4) is 0 Å². The van der Waals surface area contributed by atoms with E-state index < -0.39 is 0 Å². The molecular formula is C17H18FN3S. The van der Waals surface area contributed by atoms with Crippen LogP contribution in [0.25, 0.3) is 10.1 Å². The number of aliphatic imine (C=N–C) groups is 1. The molecule has 1 aromatic heterocycles. The highest BCUT2D eigenvalue weighted by Gasteiger charge is 2.49. The Labute approximate surface area is 132 Å². The molecule has 2 aromatic rings. The Kier molecular flexibility index (Phi) is 2.68. The second-order valence-electron chi connectivity index (χ2n) is 6.85. The molecule has 0 amide bonds. The van der Waals surface area contributed by atoms with Gasteiger partial charge in [0.15, 0.2) is 0 Å². The number of halogens is 1. The zero-order valence-corrected chi connectivity index (χ0v) is 13.0. The Balaban J connectivity index is 1.53. The van der Waals surface area contributed by atoms with Crippen molar-refractivity contribution in [1.29, 1.82) is 0 Å². The number of nitrogens with zero attached hydrogens (tertiary/aromatic N) is 1. The topological polar surface area (TPSA) is 36.4 Å². The molecule has 1 aliphatic heterocycles. The average molecular weight is 315 g/mol. The SMILES string of the molecule is Fc1csc2cc(C3=N[C@]4(CC5CCC4CC5)NN3)ccc12. The van der Waals surface area contributed by atoms with Gasteiger partial charge < -0.3 is 5.43 Å². The Hall–Kier alpha value is -1.46. The summed E-state index contributed by atoms with van der Waals surface area (Å²) in [4.78, 5) is 5.05. The molecule has 1 aromatic carbocycles. The molecule has 0 radical (unpaired) electrons. The number of rotatable bonds is 1. The van der Waals surface area contributed by atoms with Gasteiger partial charge in [-0.3, -0.25) is 0 Å². The van der Waals surface area contributed by atoms with E-state index in [0.717, 1.165) is 28.4 Å². The minimum Gasteiger partial charge on any atom is -0.303 e. The maximum atomic E-state index is 13.6. The van der Waals surface area contributed by atoms with E-state index in [4.69, 9.17) is 4.99 Å². The highest BCUT2D eigenvalue weighted by Crippen LogP contribution is 2.48. The lowest BCUT2D eigenvalue weighted by Gasteiger charge is -2.47. The summed E-state index contributed by atoms with van der Waals surface area (Å²) < 4.78 is 14.6. The lowest BCUT2D eigenvalue weighted by molar-refractivity contribution is 0.0506. The van der Waals surface area contributed by atoms with Crippen LogP contribution in [0.5, 0.6) is 0 Å². The van der Waals surface area contributed by atoms with E-state index in [-0.39, 0.29) is 11.5 Å². The molecule has 2 bridgehead atoms. The molecule has 3 nitrogen and oxygen atoms in total. The Bertz CT molecular complexity index is 775. The van der Waals surface area contributed by atoms with Gasteiger partial charge in [0.1, 0.15) is 17.3 Å². The van der Waals surface area contributed by atoms with Gasteiger partial charge in [0.25, 0.3) is 0 Å². The molecule has 2 heterocycles. The molecule has 5 heteroatoms. The summed E-state index contributed by atoms with van der Waals surface area (Å²) in [5, 5.41) is 2.27. The first-order valence-corrected chi connectivity index (χ1v) is 8.92. The minimum atomic E-state index is -0.132. The van der Waals surface area contributed by atoms with Crippen LogP contribution in [-0.2, 0) is 0 Å². The van der Waals surface area contributed by atoms with Crippen LogP contribution >= 0.6 is 11.3 Å². The van der Waals surface area contributed by atoms with Crippen molar-refractivity contribution >= 4 is 27.3 Å². The largest absolute Gasteiger partial charge is 0.303 e. The van der Waals surface area contributed by atoms with Gasteiger partial charge in [0.05, 0.1) is 0 Å². The lowest BCUT2D eigenvalue weighted by Crippen LogP contribution is -2.56. The van der Waals surface area contributed by atoms with E-state index in [9.17, 15) is 4.39 Å². The van der Waals surface area contributed by atoms with Gasteiger partial charge in [-0.15, -0.1) is 11.3 Å². The van der Waals surface area contributed by atoms with Gasteiger partial charge in [-0.1, -0.05) is 6.07 Å². The Morgan fingerprint density at radius 1 is 1.23 bits per heavy atom. The number of hydrazine groups is 1. The molecule has 1 atom stereocenters. The van der Waals surface area contributed by atoms with Crippen LogP contribution in [0.15, 0.2) is 28.6 Å². The molecule has 6 rings (SSSR count). The molecule has 3 saturated carbocycles. The minimum absolute atomic E-state index is 0.105. The number of hydrogen-bond acceptors (Lipinski definition) is 4. The molecule has 114 valence electrons. The third-order valence-corrected chi connectivity index (χ3v) is 6.55. The second-order valence-corrected chi connectivity index (χ2v) is 7.76. The third-order valence-electron chi connectivity index (χ3n) is 5.63. The van der Waals surface area contributed by atoms with Gasteiger partial charge in [-0.05, 0) is 56.1 Å². The van der Waals surface area contributed by atoms with Crippen molar-refractivity contribution in [3.8, 4) is 0 Å². The summed E-state index contributed by atoms with van der Waals surface area (Å²) in [6.07, 6.45) is 6.43. The summed E-state index contributed by atoms with van der Waals surface area (Å²) in [7, 11) is 0. The number of amidine groups is 1. The van der Waals surface area contributed by atoms with E-state index >= 15 is 0 Å². The van der Waals surface area contributed by atoms with Gasteiger partial charge in [-0.2, -0.15) is 0 Å². The molecule has 1 spiro atoms. The summed E-state index contributed by atoms with van der Waals surface area (Å²) in [5.41, 5.74) is 7.72. The fraction of sp³-hybridized carbons (Fsp3) is 0.471. The van der Waals surface area contributed by atoms with Crippen molar-refractivity contribution in [2.45, 2.75) is 37.8 Å². The van der Waals surface area contributed by atoms with Crippen LogP contribution in [-0.4, -0.2) is 11.5 Å². The monoisotopic (exact) mass is 315 g/mol. The van der Waals surface area contributed by atoms with E-state index in [2.05, 4.69) is 10.9 Å². The quantitative estimate of drug-likeness (QED) is 0.840. The van der Waals surface area contributed by atoms with E-state index in [1.807, 2.05) is 18.2 Å². The summed E-state index contributed by atoms with van der Waals surface area (Å²) >= 11 is 1.45. The fourth-order valence-electron chi connectivity index (χ4n) is 4.44. The van der Waals surface area contributed by atoms with Crippen LogP contribution in [0, 0.1) is 17.7 Å². The van der Waals surface area contributed by atoms with Gasteiger partial charge in [0.2, 0.25) is 0 Å². The predicted octanol–water partition coefficient (Wildman–Crippen LogP) is 3.80. The standard InChI is InChI=1S/C17H18FN3S/c18-14-9-22-15-7-11(3-6-13(14)15)16-19-17(21-20-16)8-10-1-4-12(17)5-2-10/h3,6-7,9-10,12,21H,1-2,4-5,8H2,(H,19,20)/t10?,12?,17-/m1/s1. The highest BCUT2D eigenvalue weighted by atomic mass is 32.1. The van der Waals surface area contributed by atoms with Crippen molar-refractivity contribution in [3.63, 3.8) is 0 Å². The normalized spacial score (nSPS) is 33.4. The third kappa shape index (κ3) is 1.78. The van der Waals surface area contributed by atoms with Crippen molar-refractivity contribution in [1.82, 2.24) is 10.9 Å². The first-order chi connectivity index (χ1) is 10.7. The Morgan fingerprint density at radius 3 is 2.86 bits per heavy atom. The average Bonchev–Trinajstić information content (AvgIpc) is 3.13. The van der Waals surface area contributed by atoms with E-state index in [0.29, 0.717) is 11.3 Å². The van der Waals surface area contributed by atoms with Crippen molar-refractivity contribution in [2.24, 2.45) is 16.8 Å². The van der Waals surface area contributed by atoms with Gasteiger partial charge >= 0.3 is 0 Å². The zero-order chi connectivity index (χ0) is 14.7. The first-order valence-electron chi connectivity index (χ1n) is 8.04. The maximum absolute atomic E-state index is 13.6. The predicted molar refractivity (Wildman–Crippen MR) is 87.4 cm³/mol. The number of hydrogen-bond donors (Lipinski definition) is 2. The van der Waals surface area contributed by atoms with Crippen LogP contribution in [0.4, 0.5) is 4.39 Å². The van der Waals surface area contributed by atoms with Crippen LogP contribution in [0.2, 0.25) is 0 Å². The van der Waals surface area contributed by atoms with E-state index in [1.165, 1.54) is 37.0 Å². The van der Waals surface area contributed by atoms with Gasteiger partial charge in [-0.25, -0.2) is 14.8 Å². The lowest BCUT2D eigenvalue weighted by atomic mass is 9.65. The first kappa shape index (κ1) is 13.0. The number of nitrogens with one attached hydrogen (secondary N) is 2. The van der Waals surface area contributed by atoms with Gasteiger partial charge in [0, 0.05) is 21.0 Å². The molecule has 0 unspecified atom stereocenters. The number of fused-ring (bicyclic) bond motifs is 3. The smallest absolute Gasteiger partial charge is 0.144 e. The molecular weight excluding hydrogens is 297 g/mol. The van der Waals surface area contributed by atoms with E-state index in [1.54, 1.807) is 5.38 Å². The summed E-state index contributed by atoms with van der Waals surface area (Å²) in [5.74, 6) is 2.23. The second kappa shape index (κ2) is 4.52. The number of thiophene rings is 1. The zero-order valence-electron chi connectivity index (χ0n) is 12.2. The number of benzene rings is 1. The molecule has 0 saturated heterocycles. The molecule has 3 fully saturated rings. The summed E-state index contributed by atoms with van der Waals surface area (Å²) in [6, 6.07) is 5.86.